The number of aryl methyl sites for hydroxylation is 1. The van der Waals surface area contributed by atoms with E-state index in [1.165, 1.54) is 20.3 Å². The smallest absolute Gasteiger partial charge is 0.341 e. The number of ether oxygens (including phenoxy) is 2. The minimum absolute atomic E-state index is 0.0895. The van der Waals surface area contributed by atoms with E-state index in [9.17, 15) is 9.18 Å². The highest BCUT2D eigenvalue weighted by molar-refractivity contribution is 5.92. The van der Waals surface area contributed by atoms with Crippen LogP contribution in [0.1, 0.15) is 22.3 Å². The summed E-state index contributed by atoms with van der Waals surface area (Å²) < 4.78 is 23.1. The van der Waals surface area contributed by atoms with Gasteiger partial charge < -0.3 is 15.2 Å². The number of carbonyl (C=O) groups is 1. The van der Waals surface area contributed by atoms with Gasteiger partial charge in [0.25, 0.3) is 0 Å². The van der Waals surface area contributed by atoms with Gasteiger partial charge in [0.1, 0.15) is 5.56 Å². The number of esters is 1. The summed E-state index contributed by atoms with van der Waals surface area (Å²) in [5, 5.41) is 0. The van der Waals surface area contributed by atoms with Crippen LogP contribution in [0.15, 0.2) is 12.1 Å². The maximum Gasteiger partial charge on any atom is 0.341 e. The zero-order chi connectivity index (χ0) is 12.8. The number of hydrogen-bond donors (Lipinski definition) is 1. The molecule has 0 fully saturated rings. The van der Waals surface area contributed by atoms with E-state index in [-0.39, 0.29) is 11.3 Å². The predicted molar refractivity (Wildman–Crippen MR) is 61.7 cm³/mol. The largest absolute Gasteiger partial charge is 0.493 e. The lowest BCUT2D eigenvalue weighted by Crippen LogP contribution is -2.08. The van der Waals surface area contributed by atoms with Crippen molar-refractivity contribution in [2.45, 2.75) is 12.8 Å². The van der Waals surface area contributed by atoms with Crippen molar-refractivity contribution in [3.63, 3.8) is 0 Å². The van der Waals surface area contributed by atoms with E-state index < -0.39 is 11.8 Å². The number of nitrogens with two attached hydrogens (primary N) is 1. The molecule has 0 heterocycles. The number of benzene rings is 1. The van der Waals surface area contributed by atoms with Gasteiger partial charge in [-0.15, -0.1) is 0 Å². The second kappa shape index (κ2) is 6.20. The van der Waals surface area contributed by atoms with Gasteiger partial charge >= 0.3 is 5.97 Å². The molecule has 1 aromatic carbocycles. The van der Waals surface area contributed by atoms with Crippen molar-refractivity contribution in [2.75, 3.05) is 20.8 Å². The zero-order valence-corrected chi connectivity index (χ0v) is 9.96. The van der Waals surface area contributed by atoms with Crippen LogP contribution in [0.25, 0.3) is 0 Å². The maximum absolute atomic E-state index is 13.7. The van der Waals surface area contributed by atoms with Gasteiger partial charge in [-0.1, -0.05) is 0 Å². The van der Waals surface area contributed by atoms with E-state index in [1.54, 1.807) is 6.07 Å². The van der Waals surface area contributed by atoms with Crippen LogP contribution in [0.4, 0.5) is 4.39 Å². The minimum atomic E-state index is -0.615. The molecule has 94 valence electrons. The van der Waals surface area contributed by atoms with Gasteiger partial charge in [0, 0.05) is 0 Å². The van der Waals surface area contributed by atoms with E-state index >= 15 is 0 Å². The highest BCUT2D eigenvalue weighted by Gasteiger charge is 2.18. The standard InChI is InChI=1S/C12H16FNO3/c1-16-11-9(12(15)17-2)6-8(4-3-5-14)7-10(11)13/h6-7H,3-5,14H2,1-2H3. The van der Waals surface area contributed by atoms with Gasteiger partial charge in [-0.2, -0.15) is 0 Å². The Labute approximate surface area is 99.5 Å². The molecule has 0 aliphatic heterocycles. The van der Waals surface area contributed by atoms with Crippen LogP contribution < -0.4 is 10.5 Å². The van der Waals surface area contributed by atoms with Gasteiger partial charge in [0.2, 0.25) is 0 Å². The van der Waals surface area contributed by atoms with Crippen LogP contribution in [-0.2, 0) is 11.2 Å². The number of rotatable bonds is 5. The molecule has 0 radical (unpaired) electrons. The van der Waals surface area contributed by atoms with Gasteiger partial charge in [-0.3, -0.25) is 0 Å². The van der Waals surface area contributed by atoms with Crippen LogP contribution >= 0.6 is 0 Å². The fraction of sp³-hybridized carbons (Fsp3) is 0.417. The average Bonchev–Trinajstić information content (AvgIpc) is 2.34. The van der Waals surface area contributed by atoms with Crippen molar-refractivity contribution >= 4 is 5.97 Å². The molecule has 0 bridgehead atoms. The lowest BCUT2D eigenvalue weighted by molar-refractivity contribution is 0.0596. The van der Waals surface area contributed by atoms with E-state index in [4.69, 9.17) is 10.5 Å². The topological polar surface area (TPSA) is 61.5 Å². The molecule has 0 aliphatic rings. The second-order valence-corrected chi connectivity index (χ2v) is 3.54. The molecular formula is C12H16FNO3. The Balaban J connectivity index is 3.14. The monoisotopic (exact) mass is 241 g/mol. The summed E-state index contributed by atoms with van der Waals surface area (Å²) >= 11 is 0. The van der Waals surface area contributed by atoms with Gasteiger partial charge in [-0.05, 0) is 37.1 Å². The number of hydrogen-bond acceptors (Lipinski definition) is 4. The predicted octanol–water partition coefficient (Wildman–Crippen LogP) is 1.51. The fourth-order valence-electron chi connectivity index (χ4n) is 1.57. The molecular weight excluding hydrogens is 225 g/mol. The third kappa shape index (κ3) is 3.17. The summed E-state index contributed by atoms with van der Waals surface area (Å²) in [4.78, 5) is 11.5. The van der Waals surface area contributed by atoms with Crippen molar-refractivity contribution in [3.8, 4) is 5.75 Å². The third-order valence-corrected chi connectivity index (χ3v) is 2.38. The summed E-state index contributed by atoms with van der Waals surface area (Å²) in [5.74, 6) is -1.27. The first-order valence-corrected chi connectivity index (χ1v) is 5.28. The molecule has 0 amide bonds. The molecule has 5 heteroatoms. The summed E-state index contributed by atoms with van der Waals surface area (Å²) in [6.45, 7) is 0.515. The Hall–Kier alpha value is -1.62. The number of halogens is 1. The summed E-state index contributed by atoms with van der Waals surface area (Å²) in [6, 6.07) is 2.92. The highest BCUT2D eigenvalue weighted by Crippen LogP contribution is 2.25. The third-order valence-electron chi connectivity index (χ3n) is 2.38. The average molecular weight is 241 g/mol. The van der Waals surface area contributed by atoms with Crippen LogP contribution in [0, 0.1) is 5.82 Å². The second-order valence-electron chi connectivity index (χ2n) is 3.54. The highest BCUT2D eigenvalue weighted by atomic mass is 19.1. The molecule has 17 heavy (non-hydrogen) atoms. The zero-order valence-electron chi connectivity index (χ0n) is 9.96. The molecule has 0 aromatic heterocycles. The Morgan fingerprint density at radius 3 is 2.65 bits per heavy atom. The van der Waals surface area contributed by atoms with Crippen molar-refractivity contribution in [2.24, 2.45) is 5.73 Å². The first kappa shape index (κ1) is 13.4. The van der Waals surface area contributed by atoms with Crippen LogP contribution in [-0.4, -0.2) is 26.7 Å². The van der Waals surface area contributed by atoms with Crippen molar-refractivity contribution in [1.82, 2.24) is 0 Å². The maximum atomic E-state index is 13.7. The SMILES string of the molecule is COC(=O)c1cc(CCCN)cc(F)c1OC. The first-order valence-electron chi connectivity index (χ1n) is 5.28. The Bertz CT molecular complexity index is 407. The van der Waals surface area contributed by atoms with Gasteiger partial charge in [0.05, 0.1) is 14.2 Å². The van der Waals surface area contributed by atoms with Crippen LogP contribution in [0.5, 0.6) is 5.75 Å². The molecule has 0 unspecified atom stereocenters. The Morgan fingerprint density at radius 1 is 1.41 bits per heavy atom. The van der Waals surface area contributed by atoms with Crippen molar-refractivity contribution in [1.29, 1.82) is 0 Å². The number of methoxy groups -OCH3 is 2. The Morgan fingerprint density at radius 2 is 2.12 bits per heavy atom. The molecule has 0 spiro atoms. The summed E-state index contributed by atoms with van der Waals surface area (Å²) in [6.07, 6.45) is 1.34. The molecule has 4 nitrogen and oxygen atoms in total. The van der Waals surface area contributed by atoms with Crippen LogP contribution in [0.2, 0.25) is 0 Å². The lowest BCUT2D eigenvalue weighted by Gasteiger charge is -2.10. The summed E-state index contributed by atoms with van der Waals surface area (Å²) in [5.41, 5.74) is 6.19. The van der Waals surface area contributed by atoms with Gasteiger partial charge in [-0.25, -0.2) is 9.18 Å². The molecule has 0 saturated carbocycles. The normalized spacial score (nSPS) is 10.1. The molecule has 1 aromatic rings. The lowest BCUT2D eigenvalue weighted by atomic mass is 10.0. The molecule has 1 rings (SSSR count). The quantitative estimate of drug-likeness (QED) is 0.794. The molecule has 0 atom stereocenters. The van der Waals surface area contributed by atoms with E-state index in [2.05, 4.69) is 4.74 Å². The molecule has 0 saturated heterocycles. The summed E-state index contributed by atoms with van der Waals surface area (Å²) in [7, 11) is 2.55. The van der Waals surface area contributed by atoms with Crippen LogP contribution in [0.3, 0.4) is 0 Å². The minimum Gasteiger partial charge on any atom is -0.493 e. The van der Waals surface area contributed by atoms with Crippen molar-refractivity contribution < 1.29 is 18.7 Å². The molecule has 0 aliphatic carbocycles. The molecule has 2 N–H and O–H groups in total. The van der Waals surface area contributed by atoms with Gasteiger partial charge in [0.15, 0.2) is 11.6 Å². The Kier molecular flexibility index (Phi) is 4.90. The van der Waals surface area contributed by atoms with E-state index in [1.807, 2.05) is 0 Å². The van der Waals surface area contributed by atoms with E-state index in [0.717, 1.165) is 6.42 Å². The number of carbonyl (C=O) groups excluding carboxylic acids is 1. The van der Waals surface area contributed by atoms with Crippen molar-refractivity contribution in [3.05, 3.63) is 29.1 Å². The first-order chi connectivity index (χ1) is 8.13. The fourth-order valence-corrected chi connectivity index (χ4v) is 1.57. The van der Waals surface area contributed by atoms with E-state index in [0.29, 0.717) is 18.5 Å².